The lowest BCUT2D eigenvalue weighted by Crippen LogP contribution is -2.45. The largest absolute Gasteiger partial charge is 0.368 e. The van der Waals surface area contributed by atoms with Gasteiger partial charge in [-0.25, -0.2) is 0 Å². The van der Waals surface area contributed by atoms with Crippen molar-refractivity contribution in [3.05, 3.63) is 53.1 Å². The van der Waals surface area contributed by atoms with E-state index in [4.69, 9.17) is 0 Å². The summed E-state index contributed by atoms with van der Waals surface area (Å²) in [6.07, 6.45) is 1.98. The molecule has 1 aliphatic carbocycles. The topological polar surface area (TPSA) is 61.4 Å². The molecule has 0 aromatic heterocycles. The maximum Gasteiger partial charge on any atom is 0.253 e. The van der Waals surface area contributed by atoms with E-state index >= 15 is 0 Å². The van der Waals surface area contributed by atoms with Gasteiger partial charge in [0.05, 0.1) is 16.8 Å². The molecular weight excluding hydrogens is 338 g/mol. The van der Waals surface area contributed by atoms with E-state index in [0.717, 1.165) is 61.4 Å². The van der Waals surface area contributed by atoms with Crippen LogP contribution in [0.15, 0.2) is 36.4 Å². The number of unbranched alkanes of at least 4 members (excludes halogenated alkanes) is 1. The Balaban J connectivity index is 1.81. The molecule has 1 fully saturated rings. The smallest absolute Gasteiger partial charge is 0.253 e. The standard InChI is InChI=1S/C22H25N3O2/c1-2-3-10-24-22(27)18-9-8-16-15-6-4-5-7-17(15)21(26)19(16)20(18)25-13-11-23-12-14-25/h4-9,23H,2-3,10-14H2,1H3,(H,24,27). The zero-order valence-corrected chi connectivity index (χ0v) is 15.7. The number of amides is 1. The first-order valence-electron chi connectivity index (χ1n) is 9.77. The first kappa shape index (κ1) is 17.7. The van der Waals surface area contributed by atoms with Gasteiger partial charge < -0.3 is 15.5 Å². The highest BCUT2D eigenvalue weighted by Crippen LogP contribution is 2.43. The van der Waals surface area contributed by atoms with Gasteiger partial charge in [-0.1, -0.05) is 43.7 Å². The first-order valence-corrected chi connectivity index (χ1v) is 9.77. The number of piperazine rings is 1. The average Bonchev–Trinajstić information content (AvgIpc) is 3.01. The molecule has 0 unspecified atom stereocenters. The summed E-state index contributed by atoms with van der Waals surface area (Å²) in [6.45, 7) is 6.03. The predicted octanol–water partition coefficient (Wildman–Crippen LogP) is 2.84. The summed E-state index contributed by atoms with van der Waals surface area (Å²) in [5, 5.41) is 6.36. The summed E-state index contributed by atoms with van der Waals surface area (Å²) in [5.41, 5.74) is 4.71. The van der Waals surface area contributed by atoms with Crippen LogP contribution < -0.4 is 15.5 Å². The fourth-order valence-corrected chi connectivity index (χ4v) is 3.97. The summed E-state index contributed by atoms with van der Waals surface area (Å²) < 4.78 is 0. The molecule has 1 amide bonds. The van der Waals surface area contributed by atoms with Crippen LogP contribution in [0.2, 0.25) is 0 Å². The number of carbonyl (C=O) groups excluding carboxylic acids is 2. The maximum atomic E-state index is 13.2. The molecule has 4 rings (SSSR count). The summed E-state index contributed by atoms with van der Waals surface area (Å²) >= 11 is 0. The predicted molar refractivity (Wildman–Crippen MR) is 108 cm³/mol. The van der Waals surface area contributed by atoms with Crippen molar-refractivity contribution in [2.45, 2.75) is 19.8 Å². The van der Waals surface area contributed by atoms with Crippen LogP contribution in [0.25, 0.3) is 11.1 Å². The van der Waals surface area contributed by atoms with E-state index in [9.17, 15) is 9.59 Å². The summed E-state index contributed by atoms with van der Waals surface area (Å²) in [5.74, 6) is -0.0686. The maximum absolute atomic E-state index is 13.2. The normalized spacial score (nSPS) is 15.4. The molecule has 27 heavy (non-hydrogen) atoms. The van der Waals surface area contributed by atoms with Crippen LogP contribution in [-0.2, 0) is 0 Å². The number of anilines is 1. The van der Waals surface area contributed by atoms with Crippen molar-refractivity contribution in [3.63, 3.8) is 0 Å². The first-order chi connectivity index (χ1) is 13.2. The molecule has 140 valence electrons. The zero-order valence-electron chi connectivity index (χ0n) is 15.7. The third-order valence-corrected chi connectivity index (χ3v) is 5.36. The van der Waals surface area contributed by atoms with E-state index in [1.165, 1.54) is 0 Å². The monoisotopic (exact) mass is 363 g/mol. The highest BCUT2D eigenvalue weighted by molar-refractivity contribution is 6.26. The lowest BCUT2D eigenvalue weighted by molar-refractivity contribution is 0.0953. The second-order valence-electron chi connectivity index (χ2n) is 7.11. The summed E-state index contributed by atoms with van der Waals surface area (Å²) in [6, 6.07) is 11.5. The van der Waals surface area contributed by atoms with E-state index in [2.05, 4.69) is 22.5 Å². The van der Waals surface area contributed by atoms with Crippen LogP contribution in [0.3, 0.4) is 0 Å². The van der Waals surface area contributed by atoms with E-state index in [-0.39, 0.29) is 11.7 Å². The number of nitrogens with zero attached hydrogens (tertiary/aromatic N) is 1. The summed E-state index contributed by atoms with van der Waals surface area (Å²) in [4.78, 5) is 28.3. The van der Waals surface area contributed by atoms with E-state index in [1.54, 1.807) is 0 Å². The molecule has 1 saturated heterocycles. The molecule has 2 aromatic carbocycles. The Labute approximate surface area is 159 Å². The van der Waals surface area contributed by atoms with Crippen LogP contribution in [0.5, 0.6) is 0 Å². The molecule has 2 aromatic rings. The molecule has 0 radical (unpaired) electrons. The highest BCUT2D eigenvalue weighted by atomic mass is 16.1. The van der Waals surface area contributed by atoms with Crippen molar-refractivity contribution >= 4 is 17.4 Å². The van der Waals surface area contributed by atoms with Gasteiger partial charge in [0.2, 0.25) is 0 Å². The minimum Gasteiger partial charge on any atom is -0.368 e. The van der Waals surface area contributed by atoms with Crippen molar-refractivity contribution in [1.82, 2.24) is 10.6 Å². The molecule has 5 heteroatoms. The third-order valence-electron chi connectivity index (χ3n) is 5.36. The third kappa shape index (κ3) is 3.12. The van der Waals surface area contributed by atoms with E-state index < -0.39 is 0 Å². The van der Waals surface area contributed by atoms with Gasteiger partial charge in [-0.15, -0.1) is 0 Å². The molecule has 0 atom stereocenters. The molecule has 0 bridgehead atoms. The van der Waals surface area contributed by atoms with Crippen molar-refractivity contribution < 1.29 is 9.59 Å². The van der Waals surface area contributed by atoms with Crippen molar-refractivity contribution in [2.75, 3.05) is 37.6 Å². The Bertz CT molecular complexity index is 885. The fraction of sp³-hybridized carbons (Fsp3) is 0.364. The van der Waals surface area contributed by atoms with Crippen LogP contribution in [-0.4, -0.2) is 44.4 Å². The quantitative estimate of drug-likeness (QED) is 0.685. The molecule has 1 heterocycles. The average molecular weight is 363 g/mol. The number of hydrogen-bond acceptors (Lipinski definition) is 4. The van der Waals surface area contributed by atoms with Crippen molar-refractivity contribution in [2.24, 2.45) is 0 Å². The molecule has 5 nitrogen and oxygen atoms in total. The number of carbonyl (C=O) groups is 2. The Kier molecular flexibility index (Phi) is 4.94. The van der Waals surface area contributed by atoms with Crippen LogP contribution >= 0.6 is 0 Å². The van der Waals surface area contributed by atoms with Gasteiger partial charge in [0.25, 0.3) is 5.91 Å². The molecule has 0 saturated carbocycles. The number of fused-ring (bicyclic) bond motifs is 3. The lowest BCUT2D eigenvalue weighted by atomic mass is 9.98. The second kappa shape index (κ2) is 7.53. The number of ketones is 1. The summed E-state index contributed by atoms with van der Waals surface area (Å²) in [7, 11) is 0. The van der Waals surface area contributed by atoms with Gasteiger partial charge in [-0.05, 0) is 23.6 Å². The van der Waals surface area contributed by atoms with Crippen molar-refractivity contribution in [1.29, 1.82) is 0 Å². The molecule has 2 N–H and O–H groups in total. The van der Waals surface area contributed by atoms with Crippen LogP contribution in [0.4, 0.5) is 5.69 Å². The SMILES string of the molecule is CCCCNC(=O)c1ccc2c(c1N1CCNCC1)C(=O)c1ccccc1-2. The van der Waals surface area contributed by atoms with Gasteiger partial charge in [-0.3, -0.25) is 9.59 Å². The van der Waals surface area contributed by atoms with Crippen LogP contribution in [0, 0.1) is 0 Å². The highest BCUT2D eigenvalue weighted by Gasteiger charge is 2.33. The fourth-order valence-electron chi connectivity index (χ4n) is 3.97. The van der Waals surface area contributed by atoms with Gasteiger partial charge in [-0.2, -0.15) is 0 Å². The van der Waals surface area contributed by atoms with Gasteiger partial charge >= 0.3 is 0 Å². The van der Waals surface area contributed by atoms with Crippen LogP contribution in [0.1, 0.15) is 46.0 Å². The van der Waals surface area contributed by atoms with Gasteiger partial charge in [0.15, 0.2) is 5.78 Å². The van der Waals surface area contributed by atoms with Gasteiger partial charge in [0, 0.05) is 38.3 Å². The molecule has 2 aliphatic rings. The number of nitrogens with one attached hydrogen (secondary N) is 2. The Morgan fingerprint density at radius 3 is 2.56 bits per heavy atom. The lowest BCUT2D eigenvalue weighted by Gasteiger charge is -2.32. The Morgan fingerprint density at radius 2 is 1.81 bits per heavy atom. The number of hydrogen-bond donors (Lipinski definition) is 2. The molecular formula is C22H25N3O2. The number of rotatable bonds is 5. The van der Waals surface area contributed by atoms with Crippen molar-refractivity contribution in [3.8, 4) is 11.1 Å². The zero-order chi connectivity index (χ0) is 18.8. The number of benzene rings is 2. The Morgan fingerprint density at radius 1 is 1.07 bits per heavy atom. The molecule has 1 aliphatic heterocycles. The van der Waals surface area contributed by atoms with E-state index in [0.29, 0.717) is 17.7 Å². The van der Waals surface area contributed by atoms with E-state index in [1.807, 2.05) is 36.4 Å². The Hall–Kier alpha value is -2.66. The minimum absolute atomic E-state index is 0.0253. The molecule has 0 spiro atoms. The van der Waals surface area contributed by atoms with Gasteiger partial charge in [0.1, 0.15) is 0 Å². The second-order valence-corrected chi connectivity index (χ2v) is 7.11. The minimum atomic E-state index is -0.0939.